The smallest absolute Gasteiger partial charge is 0.130 e. The van der Waals surface area contributed by atoms with Crippen LogP contribution in [0.1, 0.15) is 6.92 Å². The average Bonchev–Trinajstić information content (AvgIpc) is 2.29. The Hall–Kier alpha value is -1.40. The molecule has 1 aliphatic carbocycles. The Kier molecular flexibility index (Phi) is 2.78. The van der Waals surface area contributed by atoms with Gasteiger partial charge >= 0.3 is 0 Å². The van der Waals surface area contributed by atoms with Gasteiger partial charge in [-0.05, 0) is 25.2 Å². The van der Waals surface area contributed by atoms with Crippen LogP contribution in [0.3, 0.4) is 0 Å². The summed E-state index contributed by atoms with van der Waals surface area (Å²) in [5.74, 6) is -0.287. The second-order valence-corrected chi connectivity index (χ2v) is 2.44. The van der Waals surface area contributed by atoms with Crippen LogP contribution in [0.25, 0.3) is 0 Å². The minimum Gasteiger partial charge on any atom is -0.293 e. The molecule has 0 aliphatic heterocycles. The molecule has 0 N–H and O–H groups in total. The molecule has 0 saturated carbocycles. The van der Waals surface area contributed by atoms with Gasteiger partial charge in [-0.25, -0.2) is 4.39 Å². The van der Waals surface area contributed by atoms with Crippen LogP contribution < -0.4 is 0 Å². The molecule has 0 aromatic rings. The van der Waals surface area contributed by atoms with Crippen LogP contribution in [-0.2, 0) is 0 Å². The molecule has 0 unspecified atom stereocenters. The zero-order chi connectivity index (χ0) is 8.97. The summed E-state index contributed by atoms with van der Waals surface area (Å²) in [7, 11) is 1.71. The highest BCUT2D eigenvalue weighted by Crippen LogP contribution is 2.07. The zero-order valence-corrected chi connectivity index (χ0v) is 7.13. The van der Waals surface area contributed by atoms with Crippen molar-refractivity contribution in [3.05, 3.63) is 41.4 Å². The first-order valence-corrected chi connectivity index (χ1v) is 3.68. The van der Waals surface area contributed by atoms with Gasteiger partial charge in [-0.2, -0.15) is 0 Å². The molecule has 0 bridgehead atoms. The molecule has 0 aromatic carbocycles. The van der Waals surface area contributed by atoms with Crippen LogP contribution >= 0.6 is 0 Å². The van der Waals surface area contributed by atoms with Crippen LogP contribution in [0, 0.1) is 0 Å². The lowest BCUT2D eigenvalue weighted by Gasteiger charge is -1.95. The van der Waals surface area contributed by atoms with E-state index in [9.17, 15) is 4.39 Å². The summed E-state index contributed by atoms with van der Waals surface area (Å²) in [6, 6.07) is 0. The number of nitrogens with zero attached hydrogens (tertiary/aromatic N) is 1. The van der Waals surface area contributed by atoms with Gasteiger partial charge in [0.1, 0.15) is 5.83 Å². The van der Waals surface area contributed by atoms with Gasteiger partial charge in [0.15, 0.2) is 0 Å². The molecule has 62 valence electrons. The van der Waals surface area contributed by atoms with E-state index in [-0.39, 0.29) is 5.83 Å². The summed E-state index contributed by atoms with van der Waals surface area (Å²) in [6.45, 7) is 1.88. The fourth-order valence-electron chi connectivity index (χ4n) is 0.831. The van der Waals surface area contributed by atoms with Crippen molar-refractivity contribution in [2.24, 2.45) is 4.99 Å². The highest BCUT2D eigenvalue weighted by Gasteiger charge is 1.97. The third-order valence-electron chi connectivity index (χ3n) is 1.64. The molecule has 1 aliphatic rings. The predicted octanol–water partition coefficient (Wildman–Crippen LogP) is 2.58. The second-order valence-electron chi connectivity index (χ2n) is 2.44. The molecule has 2 heteroatoms. The largest absolute Gasteiger partial charge is 0.293 e. The number of aliphatic imine (C=N–C) groups is 1. The summed E-state index contributed by atoms with van der Waals surface area (Å²) in [4.78, 5) is 3.99. The lowest BCUT2D eigenvalue weighted by Crippen LogP contribution is -1.92. The van der Waals surface area contributed by atoms with E-state index >= 15 is 0 Å². The standard InChI is InChI=1S/C10H10FN/c1-8(12-2)9-4-3-5-10(11)7-6-9/h4-7H,1-2H3. The van der Waals surface area contributed by atoms with Gasteiger partial charge in [0.05, 0.1) is 0 Å². The van der Waals surface area contributed by atoms with Gasteiger partial charge in [0.2, 0.25) is 0 Å². The van der Waals surface area contributed by atoms with Gasteiger partial charge in [0.25, 0.3) is 0 Å². The Balaban J connectivity index is 3.03. The van der Waals surface area contributed by atoms with Crippen LogP contribution in [0.2, 0.25) is 0 Å². The van der Waals surface area contributed by atoms with Crippen LogP contribution in [-0.4, -0.2) is 12.8 Å². The number of hydrogen-bond acceptors (Lipinski definition) is 1. The highest BCUT2D eigenvalue weighted by atomic mass is 19.1. The van der Waals surface area contributed by atoms with E-state index in [1.165, 1.54) is 12.2 Å². The fraction of sp³-hybridized carbons (Fsp3) is 0.200. The number of hydrogen-bond donors (Lipinski definition) is 0. The molecule has 1 nitrogen and oxygen atoms in total. The Bertz CT molecular complexity index is 326. The summed E-state index contributed by atoms with van der Waals surface area (Å²) in [5, 5.41) is 0. The Labute approximate surface area is 71.3 Å². The molecule has 0 amide bonds. The molecule has 1 rings (SSSR count). The molecule has 0 atom stereocenters. The van der Waals surface area contributed by atoms with E-state index in [4.69, 9.17) is 0 Å². The van der Waals surface area contributed by atoms with Gasteiger partial charge in [-0.3, -0.25) is 4.99 Å². The monoisotopic (exact) mass is 163 g/mol. The quantitative estimate of drug-likeness (QED) is 0.416. The summed E-state index contributed by atoms with van der Waals surface area (Å²) in [5.41, 5.74) is 4.49. The van der Waals surface area contributed by atoms with Crippen molar-refractivity contribution in [3.8, 4) is 0 Å². The van der Waals surface area contributed by atoms with Crippen LogP contribution in [0.4, 0.5) is 4.39 Å². The number of rotatable bonds is 1. The minimum absolute atomic E-state index is 0.287. The minimum atomic E-state index is -0.287. The molecule has 0 radical (unpaired) electrons. The van der Waals surface area contributed by atoms with E-state index in [1.54, 1.807) is 19.2 Å². The van der Waals surface area contributed by atoms with E-state index in [0.29, 0.717) is 0 Å². The zero-order valence-electron chi connectivity index (χ0n) is 7.13. The molecule has 0 aromatic heterocycles. The van der Waals surface area contributed by atoms with Crippen molar-refractivity contribution in [1.82, 2.24) is 0 Å². The SMILES string of the molecule is CN=C(C)C1=CC=C(F)C=C=C1. The number of halogens is 1. The van der Waals surface area contributed by atoms with Crippen molar-refractivity contribution in [2.45, 2.75) is 6.92 Å². The van der Waals surface area contributed by atoms with Gasteiger partial charge in [-0.15, -0.1) is 5.73 Å². The Morgan fingerprint density at radius 2 is 2.17 bits per heavy atom. The molecule has 12 heavy (non-hydrogen) atoms. The topological polar surface area (TPSA) is 12.4 Å². The van der Waals surface area contributed by atoms with E-state index in [2.05, 4.69) is 10.7 Å². The van der Waals surface area contributed by atoms with Crippen molar-refractivity contribution in [3.63, 3.8) is 0 Å². The molecule has 0 heterocycles. The van der Waals surface area contributed by atoms with E-state index in [1.807, 2.05) is 6.92 Å². The van der Waals surface area contributed by atoms with Crippen LogP contribution in [0.5, 0.6) is 0 Å². The van der Waals surface area contributed by atoms with E-state index in [0.717, 1.165) is 11.3 Å². The van der Waals surface area contributed by atoms with Crippen LogP contribution in [0.15, 0.2) is 46.4 Å². The van der Waals surface area contributed by atoms with Crippen molar-refractivity contribution < 1.29 is 4.39 Å². The lowest BCUT2D eigenvalue weighted by atomic mass is 10.1. The normalized spacial score (nSPS) is 17.1. The second kappa shape index (κ2) is 3.84. The first-order valence-electron chi connectivity index (χ1n) is 3.68. The summed E-state index contributed by atoms with van der Waals surface area (Å²) >= 11 is 0. The Morgan fingerprint density at radius 3 is 2.83 bits per heavy atom. The van der Waals surface area contributed by atoms with Gasteiger partial charge < -0.3 is 0 Å². The predicted molar refractivity (Wildman–Crippen MR) is 49.0 cm³/mol. The third kappa shape index (κ3) is 2.04. The maximum Gasteiger partial charge on any atom is 0.130 e. The van der Waals surface area contributed by atoms with Gasteiger partial charge in [-0.1, -0.05) is 0 Å². The third-order valence-corrected chi connectivity index (χ3v) is 1.64. The maximum atomic E-state index is 12.6. The molecule has 0 spiro atoms. The molecular formula is C10H10FN. The molecule has 0 saturated heterocycles. The fourth-order valence-corrected chi connectivity index (χ4v) is 0.831. The summed E-state index contributed by atoms with van der Waals surface area (Å²) < 4.78 is 12.6. The highest BCUT2D eigenvalue weighted by molar-refractivity contribution is 6.00. The lowest BCUT2D eigenvalue weighted by molar-refractivity contribution is 0.668. The number of allylic oxidation sites excluding steroid dienone is 5. The first kappa shape index (κ1) is 8.69. The van der Waals surface area contributed by atoms with Gasteiger partial charge in [0, 0.05) is 24.4 Å². The molecule has 0 fully saturated rings. The van der Waals surface area contributed by atoms with Crippen molar-refractivity contribution in [1.29, 1.82) is 0 Å². The van der Waals surface area contributed by atoms with Crippen molar-refractivity contribution in [2.75, 3.05) is 7.05 Å². The molecular weight excluding hydrogens is 153 g/mol. The Morgan fingerprint density at radius 1 is 1.42 bits per heavy atom. The first-order chi connectivity index (χ1) is 5.74. The van der Waals surface area contributed by atoms with Crippen molar-refractivity contribution >= 4 is 5.71 Å². The van der Waals surface area contributed by atoms with E-state index < -0.39 is 0 Å². The summed E-state index contributed by atoms with van der Waals surface area (Å²) in [6.07, 6.45) is 6.10. The maximum absolute atomic E-state index is 12.6. The average molecular weight is 163 g/mol.